The minimum absolute atomic E-state index is 0.0146. The van der Waals surface area contributed by atoms with E-state index in [4.69, 9.17) is 9.47 Å². The van der Waals surface area contributed by atoms with Gasteiger partial charge >= 0.3 is 5.97 Å². The molecular formula is C19H23N3O4. The number of hydrogen-bond donors (Lipinski definition) is 1. The van der Waals surface area contributed by atoms with Crippen LogP contribution in [-0.4, -0.2) is 48.7 Å². The highest BCUT2D eigenvalue weighted by molar-refractivity contribution is 6.06. The van der Waals surface area contributed by atoms with Crippen molar-refractivity contribution in [1.29, 1.82) is 5.26 Å². The molecule has 2 unspecified atom stereocenters. The number of morpholine rings is 1. The van der Waals surface area contributed by atoms with E-state index >= 15 is 0 Å². The number of esters is 1. The van der Waals surface area contributed by atoms with E-state index < -0.39 is 11.9 Å². The van der Waals surface area contributed by atoms with Gasteiger partial charge in [-0.3, -0.25) is 4.79 Å². The second-order valence-corrected chi connectivity index (χ2v) is 6.12. The van der Waals surface area contributed by atoms with Gasteiger partial charge in [0.25, 0.3) is 5.91 Å². The Kier molecular flexibility index (Phi) is 6.75. The maximum Gasteiger partial charge on any atom is 0.338 e. The number of nitriles is 1. The van der Waals surface area contributed by atoms with Crippen LogP contribution < -0.4 is 5.32 Å². The molecule has 1 heterocycles. The Hall–Kier alpha value is -2.85. The van der Waals surface area contributed by atoms with Crippen LogP contribution in [0.5, 0.6) is 0 Å². The number of benzene rings is 1. The number of nitrogens with one attached hydrogen (secondary N) is 1. The molecule has 1 aromatic rings. The van der Waals surface area contributed by atoms with E-state index in [1.54, 1.807) is 37.4 Å². The molecular weight excluding hydrogens is 334 g/mol. The summed E-state index contributed by atoms with van der Waals surface area (Å²) in [5.41, 5.74) is 0.908. The van der Waals surface area contributed by atoms with Crippen molar-refractivity contribution in [3.05, 3.63) is 41.6 Å². The summed E-state index contributed by atoms with van der Waals surface area (Å²) in [6, 6.07) is 8.26. The number of carbonyl (C=O) groups excluding carboxylic acids is 2. The predicted octanol–water partition coefficient (Wildman–Crippen LogP) is 2.32. The molecule has 7 nitrogen and oxygen atoms in total. The number of ether oxygens (including phenoxy) is 2. The molecule has 0 spiro atoms. The normalized spacial score (nSPS) is 20.2. The molecule has 2 rings (SSSR count). The van der Waals surface area contributed by atoms with E-state index in [-0.39, 0.29) is 17.8 Å². The van der Waals surface area contributed by atoms with Gasteiger partial charge in [-0.15, -0.1) is 0 Å². The molecule has 1 amide bonds. The first kappa shape index (κ1) is 19.5. The van der Waals surface area contributed by atoms with Crippen molar-refractivity contribution in [2.75, 3.05) is 25.0 Å². The lowest BCUT2D eigenvalue weighted by Gasteiger charge is -2.34. The van der Waals surface area contributed by atoms with Crippen LogP contribution in [0, 0.1) is 11.3 Å². The standard InChI is InChI=1S/C19H23N3O4/c1-4-25-19(24)15-5-7-17(8-6-15)21-18(23)16(9-20)12-22-10-13(2)26-14(3)11-22/h5-8,12-14H,4,10-11H2,1-3H3,(H,21,23)/b16-12-. The van der Waals surface area contributed by atoms with Crippen molar-refractivity contribution in [1.82, 2.24) is 4.90 Å². The molecule has 7 heteroatoms. The lowest BCUT2D eigenvalue weighted by atomic mass is 10.2. The highest BCUT2D eigenvalue weighted by atomic mass is 16.5. The minimum atomic E-state index is -0.497. The summed E-state index contributed by atoms with van der Waals surface area (Å²) in [6.45, 7) is 7.18. The first-order valence-corrected chi connectivity index (χ1v) is 8.53. The fourth-order valence-corrected chi connectivity index (χ4v) is 2.75. The molecule has 1 aromatic carbocycles. The first-order valence-electron chi connectivity index (χ1n) is 8.53. The van der Waals surface area contributed by atoms with Crippen molar-refractivity contribution in [3.8, 4) is 6.07 Å². The Morgan fingerprint density at radius 1 is 1.31 bits per heavy atom. The van der Waals surface area contributed by atoms with E-state index in [0.29, 0.717) is 30.9 Å². The van der Waals surface area contributed by atoms with Gasteiger partial charge in [-0.1, -0.05) is 0 Å². The quantitative estimate of drug-likeness (QED) is 0.494. The smallest absolute Gasteiger partial charge is 0.338 e. The summed E-state index contributed by atoms with van der Waals surface area (Å²) >= 11 is 0. The molecule has 0 aromatic heterocycles. The fourth-order valence-electron chi connectivity index (χ4n) is 2.75. The monoisotopic (exact) mass is 357 g/mol. The molecule has 0 saturated carbocycles. The van der Waals surface area contributed by atoms with Gasteiger partial charge in [0.15, 0.2) is 0 Å². The first-order chi connectivity index (χ1) is 12.4. The second-order valence-electron chi connectivity index (χ2n) is 6.12. The van der Waals surface area contributed by atoms with Crippen molar-refractivity contribution in [2.24, 2.45) is 0 Å². The van der Waals surface area contributed by atoms with Crippen LogP contribution in [-0.2, 0) is 14.3 Å². The lowest BCUT2D eigenvalue weighted by molar-refractivity contribution is -0.112. The predicted molar refractivity (Wildman–Crippen MR) is 96.3 cm³/mol. The molecule has 2 atom stereocenters. The van der Waals surface area contributed by atoms with E-state index in [9.17, 15) is 14.9 Å². The van der Waals surface area contributed by atoms with Crippen LogP contribution in [0.1, 0.15) is 31.1 Å². The van der Waals surface area contributed by atoms with Gasteiger partial charge < -0.3 is 19.7 Å². The second kappa shape index (κ2) is 9.02. The summed E-state index contributed by atoms with van der Waals surface area (Å²) in [6.07, 6.45) is 1.64. The SMILES string of the molecule is CCOC(=O)c1ccc(NC(=O)/C(C#N)=C\N2CC(C)OC(C)C2)cc1. The lowest BCUT2D eigenvalue weighted by Crippen LogP contribution is -2.43. The maximum atomic E-state index is 12.4. The highest BCUT2D eigenvalue weighted by Gasteiger charge is 2.21. The molecule has 1 fully saturated rings. The van der Waals surface area contributed by atoms with Crippen LogP contribution in [0.2, 0.25) is 0 Å². The Balaban J connectivity index is 2.04. The molecule has 26 heavy (non-hydrogen) atoms. The van der Waals surface area contributed by atoms with Gasteiger partial charge in [-0.25, -0.2) is 4.79 Å². The van der Waals surface area contributed by atoms with Crippen molar-refractivity contribution in [2.45, 2.75) is 33.0 Å². The summed E-state index contributed by atoms with van der Waals surface area (Å²) in [4.78, 5) is 25.9. The molecule has 138 valence electrons. The minimum Gasteiger partial charge on any atom is -0.462 e. The number of hydrogen-bond acceptors (Lipinski definition) is 6. The maximum absolute atomic E-state index is 12.4. The van der Waals surface area contributed by atoms with E-state index in [1.807, 2.05) is 24.8 Å². The van der Waals surface area contributed by atoms with E-state index in [0.717, 1.165) is 0 Å². The van der Waals surface area contributed by atoms with Crippen LogP contribution in [0.3, 0.4) is 0 Å². The zero-order valence-electron chi connectivity index (χ0n) is 15.2. The van der Waals surface area contributed by atoms with Crippen LogP contribution in [0.25, 0.3) is 0 Å². The van der Waals surface area contributed by atoms with E-state index in [2.05, 4.69) is 5.32 Å². The van der Waals surface area contributed by atoms with Crippen molar-refractivity contribution in [3.63, 3.8) is 0 Å². The Bertz CT molecular complexity index is 711. The molecule has 1 aliphatic rings. The summed E-state index contributed by atoms with van der Waals surface area (Å²) in [5, 5.41) is 12.0. The van der Waals surface area contributed by atoms with E-state index in [1.165, 1.54) is 0 Å². The molecule has 0 aliphatic carbocycles. The summed E-state index contributed by atoms with van der Waals surface area (Å²) in [7, 11) is 0. The number of nitrogens with zero attached hydrogens (tertiary/aromatic N) is 2. The molecule has 1 N–H and O–H groups in total. The number of rotatable bonds is 5. The number of anilines is 1. The van der Waals surface area contributed by atoms with Gasteiger partial charge in [0.05, 0.1) is 24.4 Å². The van der Waals surface area contributed by atoms with Gasteiger partial charge in [0, 0.05) is 25.0 Å². The Morgan fingerprint density at radius 2 is 1.92 bits per heavy atom. The Morgan fingerprint density at radius 3 is 2.46 bits per heavy atom. The molecule has 1 aliphatic heterocycles. The van der Waals surface area contributed by atoms with Crippen LogP contribution >= 0.6 is 0 Å². The largest absolute Gasteiger partial charge is 0.462 e. The van der Waals surface area contributed by atoms with Crippen molar-refractivity contribution >= 4 is 17.6 Å². The summed E-state index contributed by atoms with van der Waals surface area (Å²) < 4.78 is 10.6. The van der Waals surface area contributed by atoms with Crippen LogP contribution in [0.15, 0.2) is 36.0 Å². The third kappa shape index (κ3) is 5.33. The molecule has 1 saturated heterocycles. The molecule has 0 bridgehead atoms. The Labute approximate surface area is 153 Å². The van der Waals surface area contributed by atoms with Crippen molar-refractivity contribution < 1.29 is 19.1 Å². The zero-order valence-corrected chi connectivity index (χ0v) is 15.2. The number of carbonyl (C=O) groups is 2. The third-order valence-corrected chi connectivity index (χ3v) is 3.78. The zero-order chi connectivity index (χ0) is 19.1. The fraction of sp³-hybridized carbons (Fsp3) is 0.421. The van der Waals surface area contributed by atoms with Gasteiger partial charge in [-0.05, 0) is 45.0 Å². The summed E-state index contributed by atoms with van der Waals surface area (Å²) in [5.74, 6) is -0.915. The number of amides is 1. The van der Waals surface area contributed by atoms with Gasteiger partial charge in [0.2, 0.25) is 0 Å². The van der Waals surface area contributed by atoms with Gasteiger partial charge in [0.1, 0.15) is 11.6 Å². The average Bonchev–Trinajstić information content (AvgIpc) is 2.59. The average molecular weight is 357 g/mol. The topological polar surface area (TPSA) is 91.7 Å². The van der Waals surface area contributed by atoms with Crippen LogP contribution in [0.4, 0.5) is 5.69 Å². The highest BCUT2D eigenvalue weighted by Crippen LogP contribution is 2.14. The molecule has 0 radical (unpaired) electrons. The third-order valence-electron chi connectivity index (χ3n) is 3.78. The van der Waals surface area contributed by atoms with Gasteiger partial charge in [-0.2, -0.15) is 5.26 Å².